The van der Waals surface area contributed by atoms with Crippen LogP contribution in [0.15, 0.2) is 75.0 Å². The summed E-state index contributed by atoms with van der Waals surface area (Å²) < 4.78 is 7.92. The van der Waals surface area contributed by atoms with E-state index in [1.807, 2.05) is 12.1 Å². The fourth-order valence-electron chi connectivity index (χ4n) is 3.60. The number of carboxylic acid groups (broad SMARTS) is 1. The summed E-state index contributed by atoms with van der Waals surface area (Å²) >= 11 is 9.83. The number of aromatic carboxylic acids is 1. The number of fused-ring (bicyclic) bond motifs is 1. The third kappa shape index (κ3) is 6.01. The highest BCUT2D eigenvalue weighted by atomic mass is 79.9. The van der Waals surface area contributed by atoms with Crippen LogP contribution in [-0.4, -0.2) is 27.0 Å². The van der Waals surface area contributed by atoms with Crippen molar-refractivity contribution in [3.8, 4) is 5.75 Å². The van der Waals surface area contributed by atoms with E-state index < -0.39 is 5.97 Å². The Bertz CT molecular complexity index is 1520. The lowest BCUT2D eigenvalue weighted by Crippen LogP contribution is -2.22. The maximum Gasteiger partial charge on any atom is 0.335 e. The van der Waals surface area contributed by atoms with Gasteiger partial charge in [-0.05, 0) is 66.1 Å². The van der Waals surface area contributed by atoms with Crippen LogP contribution < -0.4 is 10.3 Å². The molecule has 0 spiro atoms. The summed E-state index contributed by atoms with van der Waals surface area (Å²) in [5.41, 5.74) is 1.99. The molecular formula is C27H23BrClN3O4. The van der Waals surface area contributed by atoms with Gasteiger partial charge in [0.25, 0.3) is 5.56 Å². The highest BCUT2D eigenvalue weighted by Gasteiger charge is 2.11. The van der Waals surface area contributed by atoms with Crippen LogP contribution in [0.3, 0.4) is 0 Å². The molecule has 0 amide bonds. The largest absolute Gasteiger partial charge is 0.487 e. The van der Waals surface area contributed by atoms with E-state index in [-0.39, 0.29) is 17.7 Å². The molecule has 1 heterocycles. The van der Waals surface area contributed by atoms with Gasteiger partial charge in [0.15, 0.2) is 0 Å². The Labute approximate surface area is 221 Å². The van der Waals surface area contributed by atoms with Gasteiger partial charge in [-0.15, -0.1) is 0 Å². The van der Waals surface area contributed by atoms with E-state index in [1.54, 1.807) is 48.7 Å². The van der Waals surface area contributed by atoms with Gasteiger partial charge in [-0.25, -0.2) is 9.78 Å². The van der Waals surface area contributed by atoms with Crippen molar-refractivity contribution in [3.05, 3.63) is 103 Å². The molecule has 0 fully saturated rings. The van der Waals surface area contributed by atoms with Crippen LogP contribution in [0.1, 0.15) is 47.1 Å². The summed E-state index contributed by atoms with van der Waals surface area (Å²) in [6.45, 7) is 2.25. The topological polar surface area (TPSA) is 93.8 Å². The smallest absolute Gasteiger partial charge is 0.335 e. The number of halogens is 2. The summed E-state index contributed by atoms with van der Waals surface area (Å²) in [5.74, 6) is 0.0554. The highest BCUT2D eigenvalue weighted by molar-refractivity contribution is 9.10. The normalized spacial score (nSPS) is 11.3. The van der Waals surface area contributed by atoms with E-state index in [0.29, 0.717) is 45.0 Å². The van der Waals surface area contributed by atoms with Crippen molar-refractivity contribution in [1.82, 2.24) is 9.66 Å². The number of unbranched alkanes of at least 4 members (excludes halogenated alkanes) is 1. The third-order valence-corrected chi connectivity index (χ3v) is 6.26. The summed E-state index contributed by atoms with van der Waals surface area (Å²) in [6.07, 6.45) is 4.05. The second-order valence-corrected chi connectivity index (χ2v) is 9.46. The van der Waals surface area contributed by atoms with Crippen LogP contribution in [-0.2, 0) is 13.0 Å². The van der Waals surface area contributed by atoms with Gasteiger partial charge in [-0.2, -0.15) is 9.78 Å². The molecule has 0 saturated heterocycles. The molecule has 4 rings (SSSR count). The molecule has 36 heavy (non-hydrogen) atoms. The van der Waals surface area contributed by atoms with Crippen molar-refractivity contribution in [2.75, 3.05) is 0 Å². The van der Waals surface area contributed by atoms with Crippen molar-refractivity contribution in [2.24, 2.45) is 5.10 Å². The van der Waals surface area contributed by atoms with Gasteiger partial charge in [-0.1, -0.05) is 53.0 Å². The fraction of sp³-hybridized carbons (Fsp3) is 0.185. The summed E-state index contributed by atoms with van der Waals surface area (Å²) in [4.78, 5) is 29.0. The van der Waals surface area contributed by atoms with E-state index in [2.05, 4.69) is 32.9 Å². The number of nitrogens with zero attached hydrogens (tertiary/aromatic N) is 3. The molecule has 0 bridgehead atoms. The van der Waals surface area contributed by atoms with Gasteiger partial charge < -0.3 is 9.84 Å². The van der Waals surface area contributed by atoms with Crippen LogP contribution in [0.25, 0.3) is 10.9 Å². The van der Waals surface area contributed by atoms with Crippen molar-refractivity contribution >= 4 is 50.6 Å². The van der Waals surface area contributed by atoms with Gasteiger partial charge in [0.05, 0.1) is 27.7 Å². The number of aromatic nitrogens is 2. The minimum Gasteiger partial charge on any atom is -0.487 e. The molecule has 0 aliphatic heterocycles. The Hall–Kier alpha value is -3.49. The first-order valence-electron chi connectivity index (χ1n) is 11.4. The second-order valence-electron chi connectivity index (χ2n) is 8.14. The van der Waals surface area contributed by atoms with Gasteiger partial charge in [0.1, 0.15) is 18.2 Å². The molecule has 0 unspecified atom stereocenters. The average Bonchev–Trinajstić information content (AvgIpc) is 2.87. The van der Waals surface area contributed by atoms with E-state index in [4.69, 9.17) is 21.4 Å². The third-order valence-electron chi connectivity index (χ3n) is 5.48. The van der Waals surface area contributed by atoms with Gasteiger partial charge in [0.2, 0.25) is 0 Å². The molecule has 0 radical (unpaired) electrons. The molecule has 1 N–H and O–H groups in total. The monoisotopic (exact) mass is 567 g/mol. The maximum atomic E-state index is 13.2. The molecule has 0 saturated carbocycles. The molecular weight excluding hydrogens is 546 g/mol. The van der Waals surface area contributed by atoms with E-state index in [0.717, 1.165) is 17.3 Å². The van der Waals surface area contributed by atoms with Crippen molar-refractivity contribution in [1.29, 1.82) is 0 Å². The standard InChI is InChI=1S/C27H23BrClN3O4/c1-2-3-7-25-31-23-10-9-20(28)14-21(23)26(33)32(25)30-15-17-8-11-24(22(29)13-17)36-16-18-5-4-6-19(12-18)27(34)35/h4-6,8-15H,2-3,7,16H2,1H3,(H,34,35). The highest BCUT2D eigenvalue weighted by Crippen LogP contribution is 2.26. The Morgan fingerprint density at radius 3 is 2.78 bits per heavy atom. The molecule has 0 aliphatic carbocycles. The first-order valence-corrected chi connectivity index (χ1v) is 12.5. The molecule has 9 heteroatoms. The molecule has 184 valence electrons. The number of aryl methyl sites for hydroxylation is 1. The summed E-state index contributed by atoms with van der Waals surface area (Å²) in [6, 6.07) is 17.1. The Balaban J connectivity index is 1.57. The predicted octanol–water partition coefficient (Wildman–Crippen LogP) is 6.31. The second kappa shape index (κ2) is 11.5. The quantitative estimate of drug-likeness (QED) is 0.239. The predicted molar refractivity (Wildman–Crippen MR) is 144 cm³/mol. The Kier molecular flexibility index (Phi) is 8.18. The number of ether oxygens (including phenoxy) is 1. The zero-order valence-corrected chi connectivity index (χ0v) is 21.8. The van der Waals surface area contributed by atoms with Gasteiger partial charge in [-0.3, -0.25) is 4.79 Å². The minimum absolute atomic E-state index is 0.169. The lowest BCUT2D eigenvalue weighted by atomic mass is 10.1. The molecule has 3 aromatic carbocycles. The van der Waals surface area contributed by atoms with E-state index in [9.17, 15) is 9.59 Å². The maximum absolute atomic E-state index is 13.2. The number of hydrogen-bond acceptors (Lipinski definition) is 5. The molecule has 0 aliphatic rings. The van der Waals surface area contributed by atoms with Crippen LogP contribution >= 0.6 is 27.5 Å². The Morgan fingerprint density at radius 2 is 2.03 bits per heavy atom. The van der Waals surface area contributed by atoms with E-state index >= 15 is 0 Å². The zero-order valence-electron chi connectivity index (χ0n) is 19.4. The van der Waals surface area contributed by atoms with Crippen LogP contribution in [0.4, 0.5) is 0 Å². The lowest BCUT2D eigenvalue weighted by molar-refractivity contribution is 0.0696. The van der Waals surface area contributed by atoms with Crippen molar-refractivity contribution in [3.63, 3.8) is 0 Å². The molecule has 7 nitrogen and oxygen atoms in total. The van der Waals surface area contributed by atoms with Crippen molar-refractivity contribution < 1.29 is 14.6 Å². The average molecular weight is 569 g/mol. The first kappa shape index (κ1) is 25.6. The molecule has 4 aromatic rings. The first-order chi connectivity index (χ1) is 17.4. The number of benzene rings is 3. The van der Waals surface area contributed by atoms with Crippen LogP contribution in [0.2, 0.25) is 5.02 Å². The number of carbonyl (C=O) groups is 1. The summed E-state index contributed by atoms with van der Waals surface area (Å²) in [7, 11) is 0. The SMILES string of the molecule is CCCCc1nc2ccc(Br)cc2c(=O)n1N=Cc1ccc(OCc2cccc(C(=O)O)c2)c(Cl)c1. The summed E-state index contributed by atoms with van der Waals surface area (Å²) in [5, 5.41) is 14.4. The minimum atomic E-state index is -0.996. The molecule has 0 atom stereocenters. The lowest BCUT2D eigenvalue weighted by Gasteiger charge is -2.10. The van der Waals surface area contributed by atoms with Crippen LogP contribution in [0.5, 0.6) is 5.75 Å². The number of carboxylic acids is 1. The number of hydrogen-bond donors (Lipinski definition) is 1. The van der Waals surface area contributed by atoms with Gasteiger partial charge >= 0.3 is 5.97 Å². The number of rotatable bonds is 9. The van der Waals surface area contributed by atoms with Crippen LogP contribution in [0, 0.1) is 0 Å². The molecule has 1 aromatic heterocycles. The zero-order chi connectivity index (χ0) is 25.7. The van der Waals surface area contributed by atoms with Gasteiger partial charge in [0, 0.05) is 10.9 Å². The van der Waals surface area contributed by atoms with E-state index in [1.165, 1.54) is 10.7 Å². The van der Waals surface area contributed by atoms with Crippen molar-refractivity contribution in [2.45, 2.75) is 32.8 Å². The Morgan fingerprint density at radius 1 is 1.19 bits per heavy atom. The fourth-order valence-corrected chi connectivity index (χ4v) is 4.21.